The van der Waals surface area contributed by atoms with Crippen molar-refractivity contribution in [2.45, 2.75) is 45.7 Å². The molecule has 1 unspecified atom stereocenters. The van der Waals surface area contributed by atoms with Crippen LogP contribution in [0.25, 0.3) is 0 Å². The zero-order chi connectivity index (χ0) is 14.1. The molecule has 102 valence electrons. The molecule has 0 aliphatic heterocycles. The first-order chi connectivity index (χ1) is 7.62. The Morgan fingerprint density at radius 2 is 1.71 bits per heavy atom. The fourth-order valence-corrected chi connectivity index (χ4v) is 0.843. The van der Waals surface area contributed by atoms with Gasteiger partial charge in [0.05, 0.1) is 0 Å². The van der Waals surface area contributed by atoms with Crippen molar-refractivity contribution in [1.29, 1.82) is 0 Å². The molecule has 0 spiro atoms. The number of carbonyl (C=O) groups excluding carboxylic acids is 1. The molecule has 0 aromatic heterocycles. The highest BCUT2D eigenvalue weighted by Crippen LogP contribution is 2.13. The van der Waals surface area contributed by atoms with Gasteiger partial charge < -0.3 is 10.8 Å². The van der Waals surface area contributed by atoms with Crippen LogP contribution < -0.4 is 5.73 Å². The lowest BCUT2D eigenvalue weighted by molar-refractivity contribution is -0.192. The van der Waals surface area contributed by atoms with E-state index >= 15 is 0 Å². The number of halogens is 3. The maximum absolute atomic E-state index is 10.6. The average Bonchev–Trinajstić information content (AvgIpc) is 2.17. The Labute approximate surface area is 98.0 Å². The van der Waals surface area contributed by atoms with Crippen LogP contribution in [-0.4, -0.2) is 23.2 Å². The monoisotopic (exact) mass is 257 g/mol. The van der Waals surface area contributed by atoms with Crippen LogP contribution in [0.2, 0.25) is 0 Å². The largest absolute Gasteiger partial charge is 0.490 e. The molecule has 7 heteroatoms. The fourth-order valence-electron chi connectivity index (χ4n) is 0.843. The van der Waals surface area contributed by atoms with Gasteiger partial charge >= 0.3 is 12.1 Å². The minimum Gasteiger partial charge on any atom is -0.475 e. The summed E-state index contributed by atoms with van der Waals surface area (Å²) in [4.78, 5) is 19.4. The highest BCUT2D eigenvalue weighted by atomic mass is 19.4. The fraction of sp³-hybridized carbons (Fsp3) is 0.800. The van der Waals surface area contributed by atoms with E-state index in [1.165, 1.54) is 12.8 Å². The lowest BCUT2D eigenvalue weighted by Gasteiger charge is -2.04. The van der Waals surface area contributed by atoms with Crippen molar-refractivity contribution in [3.05, 3.63) is 0 Å². The predicted molar refractivity (Wildman–Crippen MR) is 56.2 cm³/mol. The van der Waals surface area contributed by atoms with E-state index in [0.29, 0.717) is 0 Å². The maximum atomic E-state index is 10.6. The third kappa shape index (κ3) is 12.7. The number of hydrogen-bond donors (Lipinski definition) is 2. The topological polar surface area (TPSA) is 80.4 Å². The van der Waals surface area contributed by atoms with E-state index in [-0.39, 0.29) is 11.8 Å². The van der Waals surface area contributed by atoms with Crippen molar-refractivity contribution in [1.82, 2.24) is 0 Å². The van der Waals surface area contributed by atoms with Gasteiger partial charge in [-0.05, 0) is 6.42 Å². The molecule has 0 aromatic carbocycles. The number of carboxylic acid groups (broad SMARTS) is 1. The molecule has 0 aromatic rings. The second-order valence-electron chi connectivity index (χ2n) is 3.60. The van der Waals surface area contributed by atoms with Gasteiger partial charge in [-0.3, -0.25) is 4.79 Å². The third-order valence-corrected chi connectivity index (χ3v) is 1.97. The number of alkyl halides is 3. The Kier molecular flexibility index (Phi) is 9.41. The van der Waals surface area contributed by atoms with Gasteiger partial charge in [0.1, 0.15) is 0 Å². The molecular formula is C10H18F3NO3. The van der Waals surface area contributed by atoms with E-state index in [1.54, 1.807) is 0 Å². The molecule has 3 N–H and O–H groups in total. The average molecular weight is 257 g/mol. The summed E-state index contributed by atoms with van der Waals surface area (Å²) in [7, 11) is 0. The standard InChI is InChI=1S/C8H17NO.C2HF3O2/c1-3-4-5-6-7(2)8(9)10;3-2(4,5)1(6)7/h7H,3-6H2,1-2H3,(H2,9,10);(H,6,7). The molecular weight excluding hydrogens is 239 g/mol. The van der Waals surface area contributed by atoms with Crippen molar-refractivity contribution in [2.75, 3.05) is 0 Å². The molecule has 0 saturated heterocycles. The number of unbranched alkanes of at least 4 members (excludes halogenated alkanes) is 2. The van der Waals surface area contributed by atoms with Crippen molar-refractivity contribution in [2.24, 2.45) is 11.7 Å². The SMILES string of the molecule is CCCCCC(C)C(N)=O.O=C(O)C(F)(F)F. The molecule has 17 heavy (non-hydrogen) atoms. The van der Waals surface area contributed by atoms with Crippen LogP contribution in [0.15, 0.2) is 0 Å². The summed E-state index contributed by atoms with van der Waals surface area (Å²) in [6.07, 6.45) is -0.604. The maximum Gasteiger partial charge on any atom is 0.490 e. The molecule has 1 amide bonds. The number of nitrogens with two attached hydrogens (primary N) is 1. The first-order valence-electron chi connectivity index (χ1n) is 5.22. The molecule has 4 nitrogen and oxygen atoms in total. The van der Waals surface area contributed by atoms with E-state index in [9.17, 15) is 18.0 Å². The lowest BCUT2D eigenvalue weighted by Crippen LogP contribution is -2.21. The molecule has 0 aliphatic rings. The van der Waals surface area contributed by atoms with Gasteiger partial charge in [-0.2, -0.15) is 13.2 Å². The third-order valence-electron chi connectivity index (χ3n) is 1.97. The van der Waals surface area contributed by atoms with Crippen LogP contribution >= 0.6 is 0 Å². The van der Waals surface area contributed by atoms with E-state index < -0.39 is 12.1 Å². The molecule has 0 rings (SSSR count). The van der Waals surface area contributed by atoms with Crippen LogP contribution in [0, 0.1) is 5.92 Å². The van der Waals surface area contributed by atoms with Crippen LogP contribution in [0.3, 0.4) is 0 Å². The van der Waals surface area contributed by atoms with E-state index in [1.807, 2.05) is 6.92 Å². The van der Waals surface area contributed by atoms with Gasteiger partial charge in [-0.1, -0.05) is 33.1 Å². The second kappa shape index (κ2) is 8.83. The summed E-state index contributed by atoms with van der Waals surface area (Å²) in [5, 5.41) is 7.12. The lowest BCUT2D eigenvalue weighted by atomic mass is 10.0. The van der Waals surface area contributed by atoms with E-state index in [0.717, 1.165) is 12.8 Å². The van der Waals surface area contributed by atoms with Crippen LogP contribution in [0.4, 0.5) is 13.2 Å². The minimum absolute atomic E-state index is 0.0616. The van der Waals surface area contributed by atoms with Gasteiger partial charge in [-0.25, -0.2) is 4.79 Å². The smallest absolute Gasteiger partial charge is 0.475 e. The van der Waals surface area contributed by atoms with Crippen LogP contribution in [-0.2, 0) is 9.59 Å². The molecule has 0 heterocycles. The number of amides is 1. The Balaban J connectivity index is 0. The normalized spacial score (nSPS) is 12.3. The minimum atomic E-state index is -5.08. The number of carboxylic acids is 1. The van der Waals surface area contributed by atoms with Gasteiger partial charge in [0.15, 0.2) is 0 Å². The highest BCUT2D eigenvalue weighted by Gasteiger charge is 2.38. The summed E-state index contributed by atoms with van der Waals surface area (Å²) in [5.41, 5.74) is 5.08. The highest BCUT2D eigenvalue weighted by molar-refractivity contribution is 5.76. The number of aliphatic carboxylic acids is 1. The Hall–Kier alpha value is -1.27. The quantitative estimate of drug-likeness (QED) is 0.742. The summed E-state index contributed by atoms with van der Waals surface area (Å²) in [6.45, 7) is 4.03. The summed E-state index contributed by atoms with van der Waals surface area (Å²) in [6, 6.07) is 0. The summed E-state index contributed by atoms with van der Waals surface area (Å²) in [5.74, 6) is -2.87. The van der Waals surface area contributed by atoms with Gasteiger partial charge in [0.25, 0.3) is 0 Å². The van der Waals surface area contributed by atoms with E-state index in [2.05, 4.69) is 6.92 Å². The molecule has 0 radical (unpaired) electrons. The Morgan fingerprint density at radius 1 is 1.29 bits per heavy atom. The van der Waals surface area contributed by atoms with Crippen molar-refractivity contribution in [3.63, 3.8) is 0 Å². The first kappa shape index (κ1) is 18.1. The summed E-state index contributed by atoms with van der Waals surface area (Å²) >= 11 is 0. The zero-order valence-corrected chi connectivity index (χ0v) is 9.88. The van der Waals surface area contributed by atoms with Gasteiger partial charge in [-0.15, -0.1) is 0 Å². The molecule has 0 aliphatic carbocycles. The number of primary amides is 1. The molecule has 1 atom stereocenters. The molecule has 0 saturated carbocycles. The number of hydrogen-bond acceptors (Lipinski definition) is 2. The van der Waals surface area contributed by atoms with Crippen molar-refractivity contribution >= 4 is 11.9 Å². The first-order valence-corrected chi connectivity index (χ1v) is 5.22. The van der Waals surface area contributed by atoms with Gasteiger partial charge in [0.2, 0.25) is 5.91 Å². The van der Waals surface area contributed by atoms with E-state index in [4.69, 9.17) is 15.6 Å². The molecule has 0 bridgehead atoms. The second-order valence-corrected chi connectivity index (χ2v) is 3.60. The van der Waals surface area contributed by atoms with Gasteiger partial charge in [0, 0.05) is 5.92 Å². The van der Waals surface area contributed by atoms with Crippen LogP contribution in [0.1, 0.15) is 39.5 Å². The molecule has 0 fully saturated rings. The number of carbonyl (C=O) groups is 2. The van der Waals surface area contributed by atoms with Crippen molar-refractivity contribution in [3.8, 4) is 0 Å². The number of rotatable bonds is 5. The zero-order valence-electron chi connectivity index (χ0n) is 9.88. The Morgan fingerprint density at radius 3 is 1.94 bits per heavy atom. The summed E-state index contributed by atoms with van der Waals surface area (Å²) < 4.78 is 31.7. The predicted octanol–water partition coefficient (Wildman–Crippen LogP) is 2.32. The van der Waals surface area contributed by atoms with Crippen LogP contribution in [0.5, 0.6) is 0 Å². The van der Waals surface area contributed by atoms with Crippen molar-refractivity contribution < 1.29 is 27.9 Å². The Bertz CT molecular complexity index is 241.